The van der Waals surface area contributed by atoms with Crippen molar-refractivity contribution >= 4 is 17.1 Å². The molecule has 256 valence electrons. The first kappa shape index (κ1) is 33.6. The zero-order valence-corrected chi connectivity index (χ0v) is 28.6. The fraction of sp³-hybridized carbons (Fsp3) is 0.359. The minimum absolute atomic E-state index is 0.245. The number of nitrogens with zero attached hydrogens (tertiary/aromatic N) is 4. The summed E-state index contributed by atoms with van der Waals surface area (Å²) < 4.78 is 27.4. The molecule has 1 fully saturated rings. The van der Waals surface area contributed by atoms with Gasteiger partial charge in [-0.2, -0.15) is 4.98 Å². The lowest BCUT2D eigenvalue weighted by atomic mass is 9.94. The van der Waals surface area contributed by atoms with Gasteiger partial charge >= 0.3 is 11.8 Å². The van der Waals surface area contributed by atoms with E-state index in [1.54, 1.807) is 27.1 Å². The molecular formula is C39H44N4O6. The molecule has 0 spiro atoms. The predicted molar refractivity (Wildman–Crippen MR) is 189 cm³/mol. The molecule has 10 heteroatoms. The Morgan fingerprint density at radius 1 is 0.816 bits per heavy atom. The van der Waals surface area contributed by atoms with Gasteiger partial charge < -0.3 is 23.8 Å². The summed E-state index contributed by atoms with van der Waals surface area (Å²) in [5, 5.41) is 0. The Bertz CT molecular complexity index is 1920. The SMILES string of the molecule is Cn1c(=O)n(-c2ccc(OCc3ccccc3)nc2OCc2ccccc2)c2cccc(OCCC3CCN(C(=O)OC(C)(C)C)CC3)c21. The van der Waals surface area contributed by atoms with Gasteiger partial charge in [0, 0.05) is 26.2 Å². The summed E-state index contributed by atoms with van der Waals surface area (Å²) >= 11 is 0. The molecule has 3 aromatic carbocycles. The Labute approximate surface area is 286 Å². The number of aryl methyl sites for hydroxylation is 1. The molecule has 1 amide bonds. The van der Waals surface area contributed by atoms with E-state index in [4.69, 9.17) is 23.9 Å². The van der Waals surface area contributed by atoms with Crippen molar-refractivity contribution in [2.24, 2.45) is 13.0 Å². The fourth-order valence-corrected chi connectivity index (χ4v) is 6.02. The van der Waals surface area contributed by atoms with Gasteiger partial charge in [0.2, 0.25) is 11.8 Å². The second kappa shape index (κ2) is 14.9. The smallest absolute Gasteiger partial charge is 0.410 e. The van der Waals surface area contributed by atoms with Crippen molar-refractivity contribution in [3.05, 3.63) is 113 Å². The minimum Gasteiger partial charge on any atom is -0.491 e. The number of ether oxygens (including phenoxy) is 4. The maximum Gasteiger partial charge on any atom is 0.410 e. The van der Waals surface area contributed by atoms with Crippen LogP contribution in [0.3, 0.4) is 0 Å². The molecule has 49 heavy (non-hydrogen) atoms. The second-order valence-corrected chi connectivity index (χ2v) is 13.4. The molecule has 10 nitrogen and oxygen atoms in total. The molecule has 0 aliphatic carbocycles. The van der Waals surface area contributed by atoms with Crippen molar-refractivity contribution in [3.63, 3.8) is 0 Å². The average molecular weight is 665 g/mol. The molecule has 1 saturated heterocycles. The normalized spacial score (nSPS) is 13.8. The Morgan fingerprint density at radius 3 is 2.12 bits per heavy atom. The summed E-state index contributed by atoms with van der Waals surface area (Å²) in [5.41, 5.74) is 3.12. The fourth-order valence-electron chi connectivity index (χ4n) is 6.02. The van der Waals surface area contributed by atoms with Crippen LogP contribution in [-0.2, 0) is 25.0 Å². The van der Waals surface area contributed by atoms with Gasteiger partial charge in [0.15, 0.2) is 0 Å². The zero-order valence-electron chi connectivity index (χ0n) is 28.6. The van der Waals surface area contributed by atoms with E-state index < -0.39 is 5.60 Å². The number of rotatable bonds is 11. The van der Waals surface area contributed by atoms with Crippen molar-refractivity contribution in [1.29, 1.82) is 0 Å². The van der Waals surface area contributed by atoms with E-state index in [9.17, 15) is 9.59 Å². The lowest BCUT2D eigenvalue weighted by Gasteiger charge is -2.33. The number of fused-ring (bicyclic) bond motifs is 1. The number of likely N-dealkylation sites (tertiary alicyclic amines) is 1. The zero-order chi connectivity index (χ0) is 34.4. The van der Waals surface area contributed by atoms with Gasteiger partial charge in [-0.15, -0.1) is 0 Å². The third kappa shape index (κ3) is 8.25. The summed E-state index contributed by atoms with van der Waals surface area (Å²) in [6.07, 6.45) is 2.38. The number of benzene rings is 3. The number of hydrogen-bond donors (Lipinski definition) is 0. The van der Waals surface area contributed by atoms with Crippen LogP contribution in [0.2, 0.25) is 0 Å². The van der Waals surface area contributed by atoms with Crippen molar-refractivity contribution in [1.82, 2.24) is 19.0 Å². The molecule has 5 aromatic rings. The van der Waals surface area contributed by atoms with Crippen LogP contribution in [0.25, 0.3) is 16.7 Å². The molecule has 0 N–H and O–H groups in total. The van der Waals surface area contributed by atoms with Gasteiger partial charge in [-0.25, -0.2) is 9.59 Å². The largest absolute Gasteiger partial charge is 0.491 e. The van der Waals surface area contributed by atoms with Crippen LogP contribution in [-0.4, -0.2) is 50.4 Å². The van der Waals surface area contributed by atoms with Gasteiger partial charge in [0.1, 0.15) is 35.8 Å². The van der Waals surface area contributed by atoms with Crippen LogP contribution in [0.5, 0.6) is 17.5 Å². The Morgan fingerprint density at radius 2 is 1.47 bits per heavy atom. The molecule has 0 saturated carbocycles. The van der Waals surface area contributed by atoms with E-state index in [1.165, 1.54) is 0 Å². The summed E-state index contributed by atoms with van der Waals surface area (Å²) in [5.74, 6) is 1.74. The van der Waals surface area contributed by atoms with Crippen molar-refractivity contribution in [2.45, 2.75) is 58.8 Å². The van der Waals surface area contributed by atoms with Gasteiger partial charge in [0.25, 0.3) is 0 Å². The molecule has 2 aromatic heterocycles. The molecule has 0 unspecified atom stereocenters. The van der Waals surface area contributed by atoms with Gasteiger partial charge in [-0.05, 0) is 75.3 Å². The lowest BCUT2D eigenvalue weighted by molar-refractivity contribution is 0.0177. The Kier molecular flexibility index (Phi) is 10.2. The Balaban J connectivity index is 1.20. The summed E-state index contributed by atoms with van der Waals surface area (Å²) in [6.45, 7) is 8.11. The number of piperidine rings is 1. The highest BCUT2D eigenvalue weighted by Crippen LogP contribution is 2.32. The number of carbonyl (C=O) groups is 1. The van der Waals surface area contributed by atoms with Gasteiger partial charge in [0.05, 0.1) is 12.1 Å². The third-order valence-corrected chi connectivity index (χ3v) is 8.59. The van der Waals surface area contributed by atoms with Gasteiger partial charge in [-0.1, -0.05) is 66.7 Å². The number of amides is 1. The minimum atomic E-state index is -0.504. The molecule has 1 aliphatic rings. The van der Waals surface area contributed by atoms with Crippen LogP contribution in [0, 0.1) is 5.92 Å². The second-order valence-electron chi connectivity index (χ2n) is 13.4. The van der Waals surface area contributed by atoms with Crippen molar-refractivity contribution in [3.8, 4) is 23.2 Å². The molecule has 1 aliphatic heterocycles. The maximum absolute atomic E-state index is 13.9. The van der Waals surface area contributed by atoms with Crippen LogP contribution in [0.4, 0.5) is 4.79 Å². The van der Waals surface area contributed by atoms with E-state index in [0.29, 0.717) is 60.6 Å². The van der Waals surface area contributed by atoms with Crippen LogP contribution in [0.15, 0.2) is 95.8 Å². The third-order valence-electron chi connectivity index (χ3n) is 8.59. The number of pyridine rings is 1. The lowest BCUT2D eigenvalue weighted by Crippen LogP contribution is -2.41. The van der Waals surface area contributed by atoms with E-state index in [2.05, 4.69) is 0 Å². The van der Waals surface area contributed by atoms with Crippen LogP contribution >= 0.6 is 0 Å². The van der Waals surface area contributed by atoms with E-state index in [0.717, 1.165) is 30.4 Å². The Hall–Kier alpha value is -5.25. The first-order chi connectivity index (χ1) is 23.7. The quantitative estimate of drug-likeness (QED) is 0.146. The highest BCUT2D eigenvalue weighted by molar-refractivity contribution is 5.84. The number of imidazole rings is 1. The van der Waals surface area contributed by atoms with Crippen LogP contribution in [0.1, 0.15) is 51.2 Å². The van der Waals surface area contributed by atoms with E-state index >= 15 is 0 Å². The molecule has 3 heterocycles. The predicted octanol–water partition coefficient (Wildman–Crippen LogP) is 7.30. The van der Waals surface area contributed by atoms with Crippen molar-refractivity contribution < 1.29 is 23.7 Å². The highest BCUT2D eigenvalue weighted by Gasteiger charge is 2.27. The first-order valence-electron chi connectivity index (χ1n) is 16.8. The maximum atomic E-state index is 13.9. The highest BCUT2D eigenvalue weighted by atomic mass is 16.6. The summed E-state index contributed by atoms with van der Waals surface area (Å²) in [4.78, 5) is 32.8. The molecule has 0 atom stereocenters. The average Bonchev–Trinajstić information content (AvgIpc) is 3.36. The summed E-state index contributed by atoms with van der Waals surface area (Å²) in [7, 11) is 1.75. The van der Waals surface area contributed by atoms with Gasteiger partial charge in [-0.3, -0.25) is 9.13 Å². The molecule has 0 radical (unpaired) electrons. The van der Waals surface area contributed by atoms with E-state index in [1.807, 2.05) is 106 Å². The van der Waals surface area contributed by atoms with E-state index in [-0.39, 0.29) is 24.3 Å². The van der Waals surface area contributed by atoms with Crippen LogP contribution < -0.4 is 19.9 Å². The monoisotopic (exact) mass is 664 g/mol. The first-order valence-corrected chi connectivity index (χ1v) is 16.8. The number of para-hydroxylation sites is 1. The number of carbonyl (C=O) groups excluding carboxylic acids is 1. The molecule has 6 rings (SSSR count). The topological polar surface area (TPSA) is 97.0 Å². The van der Waals surface area contributed by atoms with Crippen molar-refractivity contribution in [2.75, 3.05) is 19.7 Å². The number of aromatic nitrogens is 3. The molecular weight excluding hydrogens is 620 g/mol. The summed E-state index contributed by atoms with van der Waals surface area (Å²) in [6, 6.07) is 28.9. The standard InChI is InChI=1S/C39H44N4O6/c1-39(2,3)49-38(45)42-23-20-28(21-24-42)22-25-46-33-17-11-16-31-35(33)41(4)37(44)43(31)32-18-19-34(47-26-29-12-7-5-8-13-29)40-36(32)48-27-30-14-9-6-10-15-30/h5-19,28H,20-27H2,1-4H3. The molecule has 0 bridgehead atoms. The number of hydrogen-bond acceptors (Lipinski definition) is 7.